The third-order valence-electron chi connectivity index (χ3n) is 4.25. The van der Waals surface area contributed by atoms with Gasteiger partial charge in [-0.2, -0.15) is 3.97 Å². The lowest BCUT2D eigenvalue weighted by Gasteiger charge is -2.18. The molecule has 0 amide bonds. The molecule has 0 fully saturated rings. The van der Waals surface area contributed by atoms with Crippen molar-refractivity contribution >= 4 is 39.3 Å². The Morgan fingerprint density at radius 1 is 1.07 bits per heavy atom. The van der Waals surface area contributed by atoms with E-state index in [2.05, 4.69) is 4.40 Å². The fourth-order valence-corrected chi connectivity index (χ4v) is 4.69. The predicted molar refractivity (Wildman–Crippen MR) is 115 cm³/mol. The van der Waals surface area contributed by atoms with Crippen molar-refractivity contribution in [3.63, 3.8) is 0 Å². The van der Waals surface area contributed by atoms with Crippen molar-refractivity contribution in [2.75, 3.05) is 0 Å². The van der Waals surface area contributed by atoms with Crippen molar-refractivity contribution in [2.45, 2.75) is 44.3 Å². The molecule has 1 aromatic heterocycles. The largest absolute Gasteiger partial charge is 0.591 e. The highest BCUT2D eigenvalue weighted by Crippen LogP contribution is 2.29. The van der Waals surface area contributed by atoms with Crippen molar-refractivity contribution in [3.8, 4) is 0 Å². The van der Waals surface area contributed by atoms with Crippen LogP contribution in [-0.4, -0.2) is 23.5 Å². The second kappa shape index (κ2) is 7.91. The summed E-state index contributed by atoms with van der Waals surface area (Å²) in [5, 5.41) is 0.632. The van der Waals surface area contributed by atoms with Crippen molar-refractivity contribution in [3.05, 3.63) is 65.6 Å². The molecule has 0 saturated heterocycles. The van der Waals surface area contributed by atoms with Crippen molar-refractivity contribution < 1.29 is 13.5 Å². The van der Waals surface area contributed by atoms with Crippen LogP contribution in [0.4, 0.5) is 4.39 Å². The number of rotatable bonds is 4. The molecule has 1 heterocycles. The zero-order chi connectivity index (χ0) is 20.6. The highest BCUT2D eigenvalue weighted by molar-refractivity contribution is 7.91. The summed E-state index contributed by atoms with van der Waals surface area (Å²) < 4.78 is 45.6. The van der Waals surface area contributed by atoms with Gasteiger partial charge in [0.25, 0.3) is 0 Å². The van der Waals surface area contributed by atoms with Gasteiger partial charge in [-0.3, -0.25) is 0 Å². The minimum Gasteiger partial charge on any atom is -0.591 e. The molecule has 0 aliphatic rings. The number of halogens is 1. The van der Waals surface area contributed by atoms with Gasteiger partial charge in [0.05, 0.1) is 11.4 Å². The Morgan fingerprint density at radius 2 is 1.71 bits per heavy atom. The lowest BCUT2D eigenvalue weighted by Crippen LogP contribution is -2.26. The molecule has 7 heteroatoms. The fourth-order valence-electron chi connectivity index (χ4n) is 2.78. The van der Waals surface area contributed by atoms with Gasteiger partial charge in [-0.25, -0.2) is 4.39 Å². The molecule has 1 unspecified atom stereocenters. The molecular formula is C21H23FN2O2S2. The van der Waals surface area contributed by atoms with Crippen LogP contribution < -0.4 is 0 Å². The van der Waals surface area contributed by atoms with Gasteiger partial charge in [-0.05, 0) is 65.0 Å². The number of aryl methyl sites for hydroxylation is 1. The minimum atomic E-state index is -1.55. The quantitative estimate of drug-likeness (QED) is 0.445. The van der Waals surface area contributed by atoms with E-state index in [1.165, 1.54) is 10.0 Å². The monoisotopic (exact) mass is 418 g/mol. The first-order chi connectivity index (χ1) is 13.1. The van der Waals surface area contributed by atoms with Crippen LogP contribution in [0.15, 0.2) is 57.8 Å². The zero-order valence-electron chi connectivity index (χ0n) is 16.5. The molecular weight excluding hydrogens is 395 g/mol. The van der Waals surface area contributed by atoms with Crippen LogP contribution in [0.3, 0.4) is 0 Å². The van der Waals surface area contributed by atoms with E-state index in [0.29, 0.717) is 27.3 Å². The van der Waals surface area contributed by atoms with E-state index in [9.17, 15) is 9.11 Å². The highest BCUT2D eigenvalue weighted by Gasteiger charge is 2.27. The summed E-state index contributed by atoms with van der Waals surface area (Å²) in [6, 6.07) is 13.9. The molecule has 4 nitrogen and oxygen atoms in total. The molecule has 0 aliphatic carbocycles. The Morgan fingerprint density at radius 3 is 2.32 bits per heavy atom. The van der Waals surface area contributed by atoms with E-state index in [4.69, 9.17) is 0 Å². The summed E-state index contributed by atoms with van der Waals surface area (Å²) >= 11 is -2.98. The average molecular weight is 419 g/mol. The molecule has 3 aromatic rings. The number of hydrogen-bond donors (Lipinski definition) is 0. The number of aromatic nitrogens is 1. The minimum absolute atomic E-state index is 0.285. The second-order valence-electron chi connectivity index (χ2n) is 7.58. The summed E-state index contributed by atoms with van der Waals surface area (Å²) in [5.41, 5.74) is 2.04. The van der Waals surface area contributed by atoms with Crippen LogP contribution in [0.5, 0.6) is 0 Å². The van der Waals surface area contributed by atoms with E-state index >= 15 is 4.39 Å². The lowest BCUT2D eigenvalue weighted by atomic mass is 10.1. The number of benzene rings is 2. The molecule has 2 aromatic carbocycles. The van der Waals surface area contributed by atoms with Crippen molar-refractivity contribution in [2.24, 2.45) is 4.40 Å². The molecule has 148 valence electrons. The first kappa shape index (κ1) is 20.9. The molecule has 2 atom stereocenters. The maximum Gasteiger partial charge on any atom is 0.180 e. The van der Waals surface area contributed by atoms with E-state index in [0.717, 1.165) is 0 Å². The van der Waals surface area contributed by atoms with Gasteiger partial charge in [0.15, 0.2) is 10.7 Å². The fraction of sp³-hybridized carbons (Fsp3) is 0.286. The summed E-state index contributed by atoms with van der Waals surface area (Å²) in [6.07, 6.45) is 0. The van der Waals surface area contributed by atoms with Crippen LogP contribution in [-0.2, 0) is 22.7 Å². The van der Waals surface area contributed by atoms with E-state index in [1.807, 2.05) is 26.8 Å². The van der Waals surface area contributed by atoms with Gasteiger partial charge in [-0.1, -0.05) is 22.6 Å². The molecule has 3 rings (SSSR count). The topological polar surface area (TPSA) is 63.4 Å². The van der Waals surface area contributed by atoms with Crippen LogP contribution >= 0.6 is 0 Å². The highest BCUT2D eigenvalue weighted by atomic mass is 32.2. The Bertz CT molecular complexity index is 1030. The first-order valence-electron chi connectivity index (χ1n) is 8.86. The lowest BCUT2D eigenvalue weighted by molar-refractivity contribution is 0.561. The van der Waals surface area contributed by atoms with Gasteiger partial charge in [0.2, 0.25) is 0 Å². The summed E-state index contributed by atoms with van der Waals surface area (Å²) in [6.45, 7) is 9.04. The summed E-state index contributed by atoms with van der Waals surface area (Å²) in [4.78, 5) is 0.602. The van der Waals surface area contributed by atoms with E-state index in [-0.39, 0.29) is 5.52 Å². The molecule has 0 aliphatic heterocycles. The Kier molecular flexibility index (Phi) is 5.91. The molecule has 0 saturated carbocycles. The number of nitrogens with zero attached hydrogens (tertiary/aromatic N) is 2. The summed E-state index contributed by atoms with van der Waals surface area (Å²) in [5.74, 6) is -0.485. The van der Waals surface area contributed by atoms with Gasteiger partial charge in [-0.15, -0.1) is 0 Å². The Labute approximate surface area is 171 Å². The molecule has 0 N–H and O–H groups in total. The number of hydrogen-bond acceptors (Lipinski definition) is 3. The SMILES string of the molecule is C/C(=N\[S@@+]([O-])C(C)(C)C)c1cc(F)c2c(c1)cc(C)n2[S+]([O-])c1ccccc1. The van der Waals surface area contributed by atoms with Gasteiger partial charge >= 0.3 is 0 Å². The van der Waals surface area contributed by atoms with Crippen LogP contribution in [0.25, 0.3) is 10.9 Å². The Hall–Kier alpha value is -1.80. The average Bonchev–Trinajstić information content (AvgIpc) is 2.97. The van der Waals surface area contributed by atoms with Crippen molar-refractivity contribution in [1.29, 1.82) is 0 Å². The van der Waals surface area contributed by atoms with Crippen LogP contribution in [0, 0.1) is 12.7 Å². The van der Waals surface area contributed by atoms with Gasteiger partial charge in [0.1, 0.15) is 33.0 Å². The van der Waals surface area contributed by atoms with E-state index < -0.39 is 33.3 Å². The molecule has 0 radical (unpaired) electrons. The van der Waals surface area contributed by atoms with Crippen LogP contribution in [0.2, 0.25) is 0 Å². The van der Waals surface area contributed by atoms with Crippen LogP contribution in [0.1, 0.15) is 39.0 Å². The smallest absolute Gasteiger partial charge is 0.180 e. The van der Waals surface area contributed by atoms with Gasteiger partial charge < -0.3 is 9.11 Å². The molecule has 0 spiro atoms. The number of fused-ring (bicyclic) bond motifs is 1. The maximum absolute atomic E-state index is 15.0. The van der Waals surface area contributed by atoms with Gasteiger partial charge in [0, 0.05) is 10.9 Å². The molecule has 0 bridgehead atoms. The van der Waals surface area contributed by atoms with E-state index in [1.54, 1.807) is 50.2 Å². The van der Waals surface area contributed by atoms with Crippen molar-refractivity contribution in [1.82, 2.24) is 3.97 Å². The summed E-state index contributed by atoms with van der Waals surface area (Å²) in [7, 11) is 0. The standard InChI is InChI=1S/C21H23FN2O2S2/c1-14-11-17-12-16(15(2)23-28(26)21(3,4)5)13-19(22)20(17)24(14)27(25)18-9-7-6-8-10-18/h6-13H,1-5H3/b23-15+/t27?,28-/m0/s1. The zero-order valence-corrected chi connectivity index (χ0v) is 18.2. The second-order valence-corrected chi connectivity index (χ2v) is 10.8. The predicted octanol–water partition coefficient (Wildman–Crippen LogP) is 4.93. The third-order valence-corrected chi connectivity index (χ3v) is 7.22. The Balaban J connectivity index is 2.08. The maximum atomic E-state index is 15.0. The third kappa shape index (κ3) is 4.12. The molecule has 28 heavy (non-hydrogen) atoms. The normalized spacial score (nSPS) is 15.1. The first-order valence-corrected chi connectivity index (χ1v) is 11.1.